The van der Waals surface area contributed by atoms with Gasteiger partial charge in [-0.3, -0.25) is 4.79 Å². The number of hydrogen-bond acceptors (Lipinski definition) is 5. The van der Waals surface area contributed by atoms with E-state index in [9.17, 15) is 4.79 Å². The molecule has 0 radical (unpaired) electrons. The second-order valence-electron chi connectivity index (χ2n) is 7.26. The lowest BCUT2D eigenvalue weighted by atomic mass is 10.2. The minimum atomic E-state index is -0.138. The van der Waals surface area contributed by atoms with Crippen LogP contribution in [0.3, 0.4) is 0 Å². The average Bonchev–Trinajstić information content (AvgIpc) is 3.34. The number of nitrogens with one attached hydrogen (secondary N) is 1. The number of hydrogen-bond donors (Lipinski definition) is 1. The van der Waals surface area contributed by atoms with Crippen molar-refractivity contribution in [3.63, 3.8) is 0 Å². The first-order valence-electron chi connectivity index (χ1n) is 9.44. The van der Waals surface area contributed by atoms with Crippen LogP contribution in [0.25, 0.3) is 16.3 Å². The number of fused-ring (bicyclic) bond motifs is 1. The Bertz CT molecular complexity index is 996. The molecule has 2 aromatic carbocycles. The lowest BCUT2D eigenvalue weighted by Crippen LogP contribution is -2.31. The lowest BCUT2D eigenvalue weighted by molar-refractivity contribution is -0.111. The van der Waals surface area contributed by atoms with Gasteiger partial charge in [-0.15, -0.1) is 0 Å². The molecule has 28 heavy (non-hydrogen) atoms. The van der Waals surface area contributed by atoms with Crippen LogP contribution in [0.15, 0.2) is 54.6 Å². The zero-order valence-electron chi connectivity index (χ0n) is 16.1. The molecule has 1 saturated heterocycles. The summed E-state index contributed by atoms with van der Waals surface area (Å²) in [6, 6.07) is 16.3. The Hall–Kier alpha value is -2.70. The summed E-state index contributed by atoms with van der Waals surface area (Å²) < 4.78 is 1.09. The molecule has 0 spiro atoms. The van der Waals surface area contributed by atoms with Crippen molar-refractivity contribution in [2.24, 2.45) is 0 Å². The molecule has 3 aromatic rings. The summed E-state index contributed by atoms with van der Waals surface area (Å²) >= 11 is 1.69. The predicted molar refractivity (Wildman–Crippen MR) is 118 cm³/mol. The van der Waals surface area contributed by atoms with Gasteiger partial charge in [-0.05, 0) is 50.4 Å². The molecule has 1 atom stereocenters. The van der Waals surface area contributed by atoms with Crippen molar-refractivity contribution in [2.75, 3.05) is 37.4 Å². The molecule has 1 unspecified atom stereocenters. The highest BCUT2D eigenvalue weighted by Crippen LogP contribution is 2.33. The second kappa shape index (κ2) is 8.12. The number of likely N-dealkylation sites (N-methyl/N-ethyl adjacent to an activating group) is 1. The van der Waals surface area contributed by atoms with Gasteiger partial charge in [0, 0.05) is 30.9 Å². The highest BCUT2D eigenvalue weighted by molar-refractivity contribution is 7.22. The van der Waals surface area contributed by atoms with Crippen LogP contribution < -0.4 is 10.2 Å². The average molecular weight is 393 g/mol. The Morgan fingerprint density at radius 2 is 2.07 bits per heavy atom. The summed E-state index contributed by atoms with van der Waals surface area (Å²) in [5.41, 5.74) is 2.77. The van der Waals surface area contributed by atoms with Gasteiger partial charge in [-0.1, -0.05) is 41.7 Å². The highest BCUT2D eigenvalue weighted by Gasteiger charge is 2.26. The molecular weight excluding hydrogens is 368 g/mol. The van der Waals surface area contributed by atoms with Crippen molar-refractivity contribution in [3.05, 3.63) is 60.2 Å². The second-order valence-corrected chi connectivity index (χ2v) is 8.27. The molecule has 5 nitrogen and oxygen atoms in total. The molecule has 4 rings (SSSR count). The van der Waals surface area contributed by atoms with E-state index in [1.54, 1.807) is 17.4 Å². The van der Waals surface area contributed by atoms with Gasteiger partial charge in [-0.25, -0.2) is 4.98 Å². The SMILES string of the molecule is CN(C)C1CCN(c2nc3ccc(NC(=O)/C=C\c4ccccc4)cc3s2)C1. The van der Waals surface area contributed by atoms with Crippen molar-refractivity contribution in [1.29, 1.82) is 0 Å². The number of thiazole rings is 1. The number of nitrogens with zero attached hydrogens (tertiary/aromatic N) is 3. The first kappa shape index (κ1) is 18.7. The molecular formula is C22H24N4OS. The van der Waals surface area contributed by atoms with Crippen molar-refractivity contribution < 1.29 is 4.79 Å². The van der Waals surface area contributed by atoms with Crippen LogP contribution in [0.5, 0.6) is 0 Å². The first-order valence-corrected chi connectivity index (χ1v) is 10.3. The van der Waals surface area contributed by atoms with Gasteiger partial charge in [-0.2, -0.15) is 0 Å². The van der Waals surface area contributed by atoms with E-state index in [1.165, 1.54) is 0 Å². The van der Waals surface area contributed by atoms with Gasteiger partial charge in [0.15, 0.2) is 5.13 Å². The quantitative estimate of drug-likeness (QED) is 0.665. The summed E-state index contributed by atoms with van der Waals surface area (Å²) in [6.07, 6.45) is 4.54. The van der Waals surface area contributed by atoms with Crippen LogP contribution in [-0.4, -0.2) is 49.0 Å². The Labute approximate surface area is 169 Å². The molecule has 6 heteroatoms. The van der Waals surface area contributed by atoms with Gasteiger partial charge in [0.2, 0.25) is 5.91 Å². The summed E-state index contributed by atoms with van der Waals surface area (Å²) in [4.78, 5) is 21.6. The molecule has 1 fully saturated rings. The molecule has 1 aliphatic rings. The standard InChI is InChI=1S/C22H24N4OS/c1-25(2)18-12-13-26(15-18)22-24-19-10-9-17(14-20(19)28-22)23-21(27)11-8-16-6-4-3-5-7-16/h3-11,14,18H,12-13,15H2,1-2H3,(H,23,27)/b11-8-. The number of anilines is 2. The number of carbonyl (C=O) groups is 1. The summed E-state index contributed by atoms with van der Waals surface area (Å²) in [5.74, 6) is -0.138. The summed E-state index contributed by atoms with van der Waals surface area (Å²) in [7, 11) is 4.27. The molecule has 1 aliphatic heterocycles. The van der Waals surface area contributed by atoms with E-state index in [-0.39, 0.29) is 5.91 Å². The van der Waals surface area contributed by atoms with Crippen LogP contribution in [0.1, 0.15) is 12.0 Å². The van der Waals surface area contributed by atoms with Crippen molar-refractivity contribution in [1.82, 2.24) is 9.88 Å². The Balaban J connectivity index is 1.45. The summed E-state index contributed by atoms with van der Waals surface area (Å²) in [6.45, 7) is 2.05. The topological polar surface area (TPSA) is 48.5 Å². The number of carbonyl (C=O) groups excluding carboxylic acids is 1. The fourth-order valence-corrected chi connectivity index (χ4v) is 4.42. The molecule has 1 N–H and O–H groups in total. The van der Waals surface area contributed by atoms with E-state index in [4.69, 9.17) is 4.98 Å². The van der Waals surface area contributed by atoms with E-state index in [0.29, 0.717) is 6.04 Å². The van der Waals surface area contributed by atoms with E-state index in [2.05, 4.69) is 29.2 Å². The van der Waals surface area contributed by atoms with Crippen LogP contribution in [0.2, 0.25) is 0 Å². The van der Waals surface area contributed by atoms with Gasteiger partial charge in [0.25, 0.3) is 0 Å². The molecule has 1 aromatic heterocycles. The largest absolute Gasteiger partial charge is 0.346 e. The van der Waals surface area contributed by atoms with Crippen molar-refractivity contribution in [2.45, 2.75) is 12.5 Å². The fraction of sp³-hybridized carbons (Fsp3) is 0.273. The maximum absolute atomic E-state index is 12.2. The van der Waals surface area contributed by atoms with Crippen LogP contribution in [0.4, 0.5) is 10.8 Å². The molecule has 2 heterocycles. The fourth-order valence-electron chi connectivity index (χ4n) is 3.38. The number of rotatable bonds is 5. The Morgan fingerprint density at radius 3 is 2.82 bits per heavy atom. The van der Waals surface area contributed by atoms with E-state index in [0.717, 1.165) is 46.1 Å². The lowest BCUT2D eigenvalue weighted by Gasteiger charge is -2.19. The smallest absolute Gasteiger partial charge is 0.248 e. The molecule has 0 saturated carbocycles. The first-order chi connectivity index (χ1) is 13.6. The molecule has 144 valence electrons. The number of aromatic nitrogens is 1. The van der Waals surface area contributed by atoms with Gasteiger partial charge >= 0.3 is 0 Å². The van der Waals surface area contributed by atoms with Crippen molar-refractivity contribution >= 4 is 44.4 Å². The van der Waals surface area contributed by atoms with Gasteiger partial charge in [0.05, 0.1) is 10.2 Å². The minimum absolute atomic E-state index is 0.138. The van der Waals surface area contributed by atoms with Crippen molar-refractivity contribution in [3.8, 4) is 0 Å². The molecule has 0 aliphatic carbocycles. The van der Waals surface area contributed by atoms with Crippen LogP contribution in [0, 0.1) is 0 Å². The monoisotopic (exact) mass is 392 g/mol. The maximum atomic E-state index is 12.2. The van der Waals surface area contributed by atoms with E-state index in [1.807, 2.05) is 54.6 Å². The normalized spacial score (nSPS) is 17.1. The van der Waals surface area contributed by atoms with Crippen LogP contribution >= 0.6 is 11.3 Å². The Kier molecular flexibility index (Phi) is 5.41. The summed E-state index contributed by atoms with van der Waals surface area (Å²) in [5, 5.41) is 4.00. The highest BCUT2D eigenvalue weighted by atomic mass is 32.1. The molecule has 0 bridgehead atoms. The zero-order valence-corrected chi connectivity index (χ0v) is 16.9. The van der Waals surface area contributed by atoms with Gasteiger partial charge in [0.1, 0.15) is 0 Å². The van der Waals surface area contributed by atoms with Crippen LogP contribution in [-0.2, 0) is 4.79 Å². The number of benzene rings is 2. The van der Waals surface area contributed by atoms with E-state index >= 15 is 0 Å². The third-order valence-electron chi connectivity index (χ3n) is 5.04. The third-order valence-corrected chi connectivity index (χ3v) is 6.11. The molecule has 1 amide bonds. The predicted octanol–water partition coefficient (Wildman–Crippen LogP) is 4.09. The van der Waals surface area contributed by atoms with E-state index < -0.39 is 0 Å². The zero-order chi connectivity index (χ0) is 19.5. The maximum Gasteiger partial charge on any atom is 0.248 e. The van der Waals surface area contributed by atoms with Gasteiger partial charge < -0.3 is 15.1 Å². The third kappa shape index (κ3) is 4.24. The minimum Gasteiger partial charge on any atom is -0.346 e. The Morgan fingerprint density at radius 1 is 1.25 bits per heavy atom. The number of amides is 1.